The van der Waals surface area contributed by atoms with Crippen LogP contribution in [0, 0.1) is 13.8 Å². The van der Waals surface area contributed by atoms with Crippen molar-refractivity contribution < 1.29 is 4.74 Å². The van der Waals surface area contributed by atoms with Crippen LogP contribution in [0.5, 0.6) is 5.75 Å². The zero-order valence-corrected chi connectivity index (χ0v) is 20.8. The first-order valence-electron chi connectivity index (χ1n) is 11.1. The Bertz CT molecular complexity index is 1350. The van der Waals surface area contributed by atoms with Crippen LogP contribution in [0.3, 0.4) is 0 Å². The molecule has 2 aromatic heterocycles. The third-order valence-corrected chi connectivity index (χ3v) is 6.85. The molecule has 5 rings (SSSR count). The normalized spacial score (nSPS) is 17.6. The first-order chi connectivity index (χ1) is 16.5. The SMILES string of the molecule is COc1ccccc1N1C(=S)NC(c2ccccn2)C1c1cc(C)n(-c2cccc(Cl)c2)c1C. The fourth-order valence-electron chi connectivity index (χ4n) is 4.86. The zero-order chi connectivity index (χ0) is 23.8. The average Bonchev–Trinajstić information content (AvgIpc) is 3.34. The van der Waals surface area contributed by atoms with Crippen molar-refractivity contribution >= 4 is 34.6 Å². The number of nitrogens with one attached hydrogen (secondary N) is 1. The van der Waals surface area contributed by atoms with Crippen LogP contribution in [0.4, 0.5) is 5.69 Å². The second-order valence-electron chi connectivity index (χ2n) is 8.31. The largest absolute Gasteiger partial charge is 0.495 e. The minimum Gasteiger partial charge on any atom is -0.495 e. The summed E-state index contributed by atoms with van der Waals surface area (Å²) in [6.07, 6.45) is 1.82. The van der Waals surface area contributed by atoms with E-state index in [1.54, 1.807) is 7.11 Å². The van der Waals surface area contributed by atoms with Crippen LogP contribution in [0.15, 0.2) is 79.0 Å². The lowest BCUT2D eigenvalue weighted by Crippen LogP contribution is -2.30. The van der Waals surface area contributed by atoms with E-state index in [1.807, 2.05) is 66.9 Å². The van der Waals surface area contributed by atoms with E-state index < -0.39 is 0 Å². The van der Waals surface area contributed by atoms with Crippen molar-refractivity contribution in [2.45, 2.75) is 25.9 Å². The molecule has 5 nitrogen and oxygen atoms in total. The highest BCUT2D eigenvalue weighted by molar-refractivity contribution is 7.80. The fraction of sp³-hybridized carbons (Fsp3) is 0.185. The maximum Gasteiger partial charge on any atom is 0.174 e. The van der Waals surface area contributed by atoms with Gasteiger partial charge >= 0.3 is 0 Å². The molecule has 7 heteroatoms. The van der Waals surface area contributed by atoms with Crippen LogP contribution >= 0.6 is 23.8 Å². The molecule has 1 fully saturated rings. The summed E-state index contributed by atoms with van der Waals surface area (Å²) in [6, 6.07) is 23.8. The second kappa shape index (κ2) is 9.12. The molecule has 0 radical (unpaired) electrons. The minimum absolute atomic E-state index is 0.127. The molecule has 0 amide bonds. The number of aromatic nitrogens is 2. The highest BCUT2D eigenvalue weighted by Gasteiger charge is 2.43. The number of nitrogens with zero attached hydrogens (tertiary/aromatic N) is 3. The Labute approximate surface area is 210 Å². The van der Waals surface area contributed by atoms with Crippen molar-refractivity contribution in [3.63, 3.8) is 0 Å². The van der Waals surface area contributed by atoms with Gasteiger partial charge < -0.3 is 19.5 Å². The molecule has 172 valence electrons. The summed E-state index contributed by atoms with van der Waals surface area (Å²) in [6.45, 7) is 4.25. The Morgan fingerprint density at radius 2 is 1.79 bits per heavy atom. The third kappa shape index (κ3) is 3.83. The van der Waals surface area contributed by atoms with Crippen molar-refractivity contribution in [2.75, 3.05) is 12.0 Å². The van der Waals surface area contributed by atoms with Gasteiger partial charge in [0.2, 0.25) is 0 Å². The highest BCUT2D eigenvalue weighted by atomic mass is 35.5. The molecule has 2 aromatic carbocycles. The lowest BCUT2D eigenvalue weighted by atomic mass is 9.96. The Morgan fingerprint density at radius 1 is 1.00 bits per heavy atom. The number of aryl methyl sites for hydroxylation is 1. The quantitative estimate of drug-likeness (QED) is 0.332. The molecule has 0 spiro atoms. The van der Waals surface area contributed by atoms with Gasteiger partial charge in [0.25, 0.3) is 0 Å². The summed E-state index contributed by atoms with van der Waals surface area (Å²) < 4.78 is 7.94. The second-order valence-corrected chi connectivity index (χ2v) is 9.13. The summed E-state index contributed by atoms with van der Waals surface area (Å²) in [5.74, 6) is 0.766. The first-order valence-corrected chi connectivity index (χ1v) is 11.9. The molecule has 2 atom stereocenters. The molecule has 1 aliphatic heterocycles. The maximum atomic E-state index is 6.32. The molecule has 1 N–H and O–H groups in total. The number of anilines is 1. The first kappa shape index (κ1) is 22.4. The van der Waals surface area contributed by atoms with Crippen molar-refractivity contribution in [3.8, 4) is 11.4 Å². The van der Waals surface area contributed by atoms with Gasteiger partial charge in [0.05, 0.1) is 30.6 Å². The van der Waals surface area contributed by atoms with E-state index in [-0.39, 0.29) is 12.1 Å². The van der Waals surface area contributed by atoms with E-state index in [0.717, 1.165) is 39.8 Å². The van der Waals surface area contributed by atoms with Crippen molar-refractivity contribution in [1.29, 1.82) is 0 Å². The highest BCUT2D eigenvalue weighted by Crippen LogP contribution is 2.46. The van der Waals surface area contributed by atoms with Crippen molar-refractivity contribution in [3.05, 3.63) is 107 Å². The van der Waals surface area contributed by atoms with E-state index in [2.05, 4.69) is 45.7 Å². The number of ether oxygens (including phenoxy) is 1. The summed E-state index contributed by atoms with van der Waals surface area (Å²) in [7, 11) is 1.68. The van der Waals surface area contributed by atoms with Gasteiger partial charge in [-0.25, -0.2) is 0 Å². The number of methoxy groups -OCH3 is 1. The molecular weight excluding hydrogens is 464 g/mol. The molecular formula is C27H25ClN4OS. The van der Waals surface area contributed by atoms with Gasteiger partial charge in [0.15, 0.2) is 5.11 Å². The molecule has 3 heterocycles. The van der Waals surface area contributed by atoms with Gasteiger partial charge in [-0.15, -0.1) is 0 Å². The Morgan fingerprint density at radius 3 is 2.53 bits per heavy atom. The number of thiocarbonyl (C=S) groups is 1. The summed E-state index contributed by atoms with van der Waals surface area (Å²) >= 11 is 12.2. The van der Waals surface area contributed by atoms with Crippen LogP contribution in [-0.4, -0.2) is 21.8 Å². The van der Waals surface area contributed by atoms with E-state index in [9.17, 15) is 0 Å². The van der Waals surface area contributed by atoms with Crippen LogP contribution < -0.4 is 15.0 Å². The molecule has 34 heavy (non-hydrogen) atoms. The van der Waals surface area contributed by atoms with Crippen LogP contribution in [0.25, 0.3) is 5.69 Å². The minimum atomic E-state index is -0.132. The summed E-state index contributed by atoms with van der Waals surface area (Å²) in [4.78, 5) is 6.82. The molecule has 4 aromatic rings. The summed E-state index contributed by atoms with van der Waals surface area (Å²) in [5.41, 5.74) is 6.27. The summed E-state index contributed by atoms with van der Waals surface area (Å²) in [5, 5.41) is 4.87. The number of benzene rings is 2. The number of para-hydroxylation sites is 2. The van der Waals surface area contributed by atoms with Gasteiger partial charge in [-0.3, -0.25) is 4.98 Å². The number of hydrogen-bond donors (Lipinski definition) is 1. The van der Waals surface area contributed by atoms with Gasteiger partial charge in [0, 0.05) is 28.3 Å². The van der Waals surface area contributed by atoms with Gasteiger partial charge in [-0.2, -0.15) is 0 Å². The topological polar surface area (TPSA) is 42.3 Å². The molecule has 0 aliphatic carbocycles. The maximum absolute atomic E-state index is 6.32. The average molecular weight is 489 g/mol. The smallest absolute Gasteiger partial charge is 0.174 e. The van der Waals surface area contributed by atoms with E-state index >= 15 is 0 Å². The predicted octanol–water partition coefficient (Wildman–Crippen LogP) is 6.33. The van der Waals surface area contributed by atoms with Gasteiger partial charge in [-0.05, 0) is 80.2 Å². The number of hydrogen-bond acceptors (Lipinski definition) is 3. The monoisotopic (exact) mass is 488 g/mol. The van der Waals surface area contributed by atoms with E-state index in [4.69, 9.17) is 28.6 Å². The molecule has 0 saturated carbocycles. The Hall–Kier alpha value is -3.35. The van der Waals surface area contributed by atoms with Crippen LogP contribution in [0.2, 0.25) is 5.02 Å². The zero-order valence-electron chi connectivity index (χ0n) is 19.2. The standard InChI is InChI=1S/C27H25ClN4OS/c1-17-15-21(18(2)31(17)20-10-8-9-19(28)16-20)26-25(22-11-6-7-14-29-22)30-27(34)32(26)23-12-4-5-13-24(23)33-3/h4-16,25-26H,1-3H3,(H,30,34). The fourth-order valence-corrected chi connectivity index (χ4v) is 5.38. The lowest BCUT2D eigenvalue weighted by Gasteiger charge is -2.29. The Kier molecular flexibility index (Phi) is 6.02. The van der Waals surface area contributed by atoms with Crippen LogP contribution in [0.1, 0.15) is 34.7 Å². The molecule has 0 bridgehead atoms. The predicted molar refractivity (Wildman–Crippen MR) is 141 cm³/mol. The third-order valence-electron chi connectivity index (χ3n) is 6.30. The van der Waals surface area contributed by atoms with Gasteiger partial charge in [0.1, 0.15) is 5.75 Å². The number of pyridine rings is 1. The molecule has 2 unspecified atom stereocenters. The van der Waals surface area contributed by atoms with Crippen molar-refractivity contribution in [2.24, 2.45) is 0 Å². The molecule has 1 saturated heterocycles. The lowest BCUT2D eigenvalue weighted by molar-refractivity contribution is 0.414. The number of rotatable bonds is 5. The van der Waals surface area contributed by atoms with Crippen LogP contribution in [-0.2, 0) is 0 Å². The Balaban J connectivity index is 1.71. The number of halogens is 1. The van der Waals surface area contributed by atoms with E-state index in [0.29, 0.717) is 10.1 Å². The van der Waals surface area contributed by atoms with Gasteiger partial charge in [-0.1, -0.05) is 35.9 Å². The van der Waals surface area contributed by atoms with E-state index in [1.165, 1.54) is 0 Å². The molecule has 1 aliphatic rings. The van der Waals surface area contributed by atoms with Crippen molar-refractivity contribution in [1.82, 2.24) is 14.9 Å².